The lowest BCUT2D eigenvalue weighted by Crippen LogP contribution is -2.65. The highest BCUT2D eigenvalue weighted by atomic mass is 16.6. The lowest BCUT2D eigenvalue weighted by atomic mass is 9.66. The molecule has 0 aromatic rings. The molecule has 2 rings (SSSR count). The molecule has 0 radical (unpaired) electrons. The molecule has 3 atom stereocenters. The van der Waals surface area contributed by atoms with Crippen LogP contribution in [0.4, 0.5) is 4.79 Å². The summed E-state index contributed by atoms with van der Waals surface area (Å²) in [6.07, 6.45) is 3.69. The topological polar surface area (TPSA) is 64.6 Å². The van der Waals surface area contributed by atoms with Gasteiger partial charge in [-0.15, -0.1) is 0 Å². The van der Waals surface area contributed by atoms with E-state index >= 15 is 0 Å². The molecule has 5 nitrogen and oxygen atoms in total. The van der Waals surface area contributed by atoms with Gasteiger partial charge in [0.2, 0.25) is 0 Å². The van der Waals surface area contributed by atoms with E-state index in [1.54, 1.807) is 0 Å². The molecule has 1 aliphatic carbocycles. The standard InChI is InChI=1S/C14H23NO4/c1-9(2)12-10-6-4-5-7-14(10,8-11(16)18-3)15-13(17)19-12/h9-10,12H,4-8H2,1-3H3,(H,15,17)/t10-,12-,14+/m0/s1. The number of hydrogen-bond acceptors (Lipinski definition) is 4. The van der Waals surface area contributed by atoms with Gasteiger partial charge >= 0.3 is 12.1 Å². The van der Waals surface area contributed by atoms with Gasteiger partial charge < -0.3 is 14.8 Å². The van der Waals surface area contributed by atoms with Crippen LogP contribution in [0.25, 0.3) is 0 Å². The van der Waals surface area contributed by atoms with Crippen LogP contribution < -0.4 is 5.32 Å². The van der Waals surface area contributed by atoms with Crippen LogP contribution in [0.5, 0.6) is 0 Å². The molecule has 5 heteroatoms. The summed E-state index contributed by atoms with van der Waals surface area (Å²) in [7, 11) is 1.39. The molecule has 2 aliphatic rings. The SMILES string of the molecule is COC(=O)C[C@]12CCCC[C@H]1[C@H](C(C)C)OC(=O)N2. The molecule has 19 heavy (non-hydrogen) atoms. The van der Waals surface area contributed by atoms with Gasteiger partial charge in [0, 0.05) is 5.92 Å². The number of amides is 1. The first-order valence-electron chi connectivity index (χ1n) is 7.04. The first kappa shape index (κ1) is 14.2. The van der Waals surface area contributed by atoms with E-state index in [9.17, 15) is 9.59 Å². The first-order chi connectivity index (χ1) is 8.98. The third-order valence-electron chi connectivity index (χ3n) is 4.43. The summed E-state index contributed by atoms with van der Waals surface area (Å²) in [6.45, 7) is 4.11. The van der Waals surface area contributed by atoms with Crippen LogP contribution in [-0.2, 0) is 14.3 Å². The highest BCUT2D eigenvalue weighted by molar-refractivity contribution is 5.75. The van der Waals surface area contributed by atoms with E-state index in [-0.39, 0.29) is 30.3 Å². The van der Waals surface area contributed by atoms with Crippen molar-refractivity contribution in [1.82, 2.24) is 5.32 Å². The number of alkyl carbamates (subject to hydrolysis) is 1. The molecule has 1 saturated heterocycles. The maximum atomic E-state index is 11.8. The van der Waals surface area contributed by atoms with Gasteiger partial charge in [-0.3, -0.25) is 4.79 Å². The molecule has 0 aromatic carbocycles. The van der Waals surface area contributed by atoms with Crippen molar-refractivity contribution in [3.05, 3.63) is 0 Å². The number of nitrogens with one attached hydrogen (secondary N) is 1. The van der Waals surface area contributed by atoms with Crippen molar-refractivity contribution >= 4 is 12.1 Å². The Morgan fingerprint density at radius 2 is 2.26 bits per heavy atom. The molecule has 2 fully saturated rings. The second-order valence-corrected chi connectivity index (χ2v) is 6.00. The van der Waals surface area contributed by atoms with Crippen molar-refractivity contribution in [3.63, 3.8) is 0 Å². The van der Waals surface area contributed by atoms with Crippen LogP contribution in [-0.4, -0.2) is 30.8 Å². The second-order valence-electron chi connectivity index (χ2n) is 6.00. The number of methoxy groups -OCH3 is 1. The largest absolute Gasteiger partial charge is 0.469 e. The van der Waals surface area contributed by atoms with Crippen molar-refractivity contribution in [3.8, 4) is 0 Å². The first-order valence-corrected chi connectivity index (χ1v) is 7.04. The predicted octanol–water partition coefficient (Wildman–Crippen LogP) is 2.24. The van der Waals surface area contributed by atoms with E-state index in [1.165, 1.54) is 7.11 Å². The van der Waals surface area contributed by atoms with E-state index in [4.69, 9.17) is 9.47 Å². The fourth-order valence-electron chi connectivity index (χ4n) is 3.53. The molecule has 1 aliphatic heterocycles. The Kier molecular flexibility index (Phi) is 4.02. The van der Waals surface area contributed by atoms with Crippen LogP contribution in [0.2, 0.25) is 0 Å². The van der Waals surface area contributed by atoms with Gasteiger partial charge in [-0.1, -0.05) is 26.7 Å². The second kappa shape index (κ2) is 5.39. The van der Waals surface area contributed by atoms with E-state index in [0.29, 0.717) is 0 Å². The number of cyclic esters (lactones) is 1. The molecule has 0 unspecified atom stereocenters. The van der Waals surface area contributed by atoms with Crippen LogP contribution >= 0.6 is 0 Å². The van der Waals surface area contributed by atoms with Crippen LogP contribution in [0.3, 0.4) is 0 Å². The highest BCUT2D eigenvalue weighted by Gasteiger charge is 2.52. The van der Waals surface area contributed by atoms with Crippen molar-refractivity contribution in [1.29, 1.82) is 0 Å². The number of rotatable bonds is 3. The Bertz CT molecular complexity index is 368. The number of carbonyl (C=O) groups is 2. The van der Waals surface area contributed by atoms with E-state index < -0.39 is 11.6 Å². The van der Waals surface area contributed by atoms with Gasteiger partial charge in [-0.25, -0.2) is 4.79 Å². The Balaban J connectivity index is 2.28. The molecule has 0 aromatic heterocycles. The zero-order valence-electron chi connectivity index (χ0n) is 11.9. The number of ether oxygens (including phenoxy) is 2. The van der Waals surface area contributed by atoms with E-state index in [0.717, 1.165) is 25.7 Å². The zero-order chi connectivity index (χ0) is 14.0. The van der Waals surface area contributed by atoms with E-state index in [1.807, 2.05) is 0 Å². The lowest BCUT2D eigenvalue weighted by molar-refractivity contribution is -0.146. The third kappa shape index (κ3) is 2.69. The molecule has 108 valence electrons. The van der Waals surface area contributed by atoms with Crippen molar-refractivity contribution in [2.24, 2.45) is 11.8 Å². The Labute approximate surface area is 114 Å². The smallest absolute Gasteiger partial charge is 0.407 e. The average molecular weight is 269 g/mol. The molecule has 0 spiro atoms. The monoisotopic (exact) mass is 269 g/mol. The summed E-state index contributed by atoms with van der Waals surface area (Å²) >= 11 is 0. The van der Waals surface area contributed by atoms with Gasteiger partial charge in [0.1, 0.15) is 6.10 Å². The van der Waals surface area contributed by atoms with Crippen LogP contribution in [0.1, 0.15) is 46.0 Å². The van der Waals surface area contributed by atoms with Crippen LogP contribution in [0, 0.1) is 11.8 Å². The summed E-state index contributed by atoms with van der Waals surface area (Å²) in [4.78, 5) is 23.5. The molecule has 1 heterocycles. The van der Waals surface area contributed by atoms with Gasteiger partial charge in [-0.2, -0.15) is 0 Å². The van der Waals surface area contributed by atoms with Crippen molar-refractivity contribution < 1.29 is 19.1 Å². The van der Waals surface area contributed by atoms with Gasteiger partial charge in [0.25, 0.3) is 0 Å². The molecular weight excluding hydrogens is 246 g/mol. The number of carbonyl (C=O) groups excluding carboxylic acids is 2. The fourth-order valence-corrected chi connectivity index (χ4v) is 3.53. The molecule has 1 N–H and O–H groups in total. The van der Waals surface area contributed by atoms with Gasteiger partial charge in [0.15, 0.2) is 0 Å². The molecule has 1 saturated carbocycles. The van der Waals surface area contributed by atoms with Gasteiger partial charge in [0.05, 0.1) is 19.1 Å². The predicted molar refractivity (Wildman–Crippen MR) is 69.6 cm³/mol. The minimum atomic E-state index is -0.477. The van der Waals surface area contributed by atoms with Crippen molar-refractivity contribution in [2.75, 3.05) is 7.11 Å². The normalized spacial score (nSPS) is 34.2. The van der Waals surface area contributed by atoms with Crippen molar-refractivity contribution in [2.45, 2.75) is 57.6 Å². The number of fused-ring (bicyclic) bond motifs is 1. The highest BCUT2D eigenvalue weighted by Crippen LogP contribution is 2.43. The molecule has 1 amide bonds. The summed E-state index contributed by atoms with van der Waals surface area (Å²) in [5.41, 5.74) is -0.477. The summed E-state index contributed by atoms with van der Waals surface area (Å²) in [5.74, 6) is 0.181. The number of hydrogen-bond donors (Lipinski definition) is 1. The fraction of sp³-hybridized carbons (Fsp3) is 0.857. The Morgan fingerprint density at radius 1 is 1.53 bits per heavy atom. The third-order valence-corrected chi connectivity index (χ3v) is 4.43. The van der Waals surface area contributed by atoms with E-state index in [2.05, 4.69) is 19.2 Å². The quantitative estimate of drug-likeness (QED) is 0.798. The number of esters is 1. The maximum absolute atomic E-state index is 11.8. The molecular formula is C14H23NO4. The van der Waals surface area contributed by atoms with Gasteiger partial charge in [-0.05, 0) is 18.8 Å². The lowest BCUT2D eigenvalue weighted by Gasteiger charge is -2.51. The Hall–Kier alpha value is -1.26. The molecule has 0 bridgehead atoms. The Morgan fingerprint density at radius 3 is 2.89 bits per heavy atom. The summed E-state index contributed by atoms with van der Waals surface area (Å²) in [5, 5.41) is 2.92. The van der Waals surface area contributed by atoms with Crippen LogP contribution in [0.15, 0.2) is 0 Å². The average Bonchev–Trinajstić information content (AvgIpc) is 2.36. The maximum Gasteiger partial charge on any atom is 0.407 e. The summed E-state index contributed by atoms with van der Waals surface area (Å²) in [6, 6.07) is 0. The zero-order valence-corrected chi connectivity index (χ0v) is 11.9. The summed E-state index contributed by atoms with van der Waals surface area (Å²) < 4.78 is 10.3. The minimum Gasteiger partial charge on any atom is -0.469 e. The minimum absolute atomic E-state index is 0.112.